The van der Waals surface area contributed by atoms with E-state index in [-0.39, 0.29) is 11.8 Å². The van der Waals surface area contributed by atoms with Crippen molar-refractivity contribution in [3.05, 3.63) is 0 Å². The van der Waals surface area contributed by atoms with Crippen molar-refractivity contribution in [3.8, 4) is 0 Å². The summed E-state index contributed by atoms with van der Waals surface area (Å²) in [6.45, 7) is 3.88. The lowest BCUT2D eigenvalue weighted by molar-refractivity contribution is -0.136. The monoisotopic (exact) mass is 255 g/mol. The van der Waals surface area contributed by atoms with Crippen LogP contribution in [0.25, 0.3) is 0 Å². The maximum Gasteiger partial charge on any atom is 0.234 e. The Labute approximate surface area is 107 Å². The summed E-state index contributed by atoms with van der Waals surface area (Å²) in [4.78, 5) is 24.1. The normalized spacial score (nSPS) is 22.1. The molecule has 1 aliphatic carbocycles. The van der Waals surface area contributed by atoms with E-state index in [1.54, 1.807) is 0 Å². The number of hydrogen-bond donors (Lipinski definition) is 3. The summed E-state index contributed by atoms with van der Waals surface area (Å²) in [7, 11) is 0. The molecule has 102 valence electrons. The number of rotatable bonds is 6. The van der Waals surface area contributed by atoms with Crippen molar-refractivity contribution in [1.82, 2.24) is 15.5 Å². The lowest BCUT2D eigenvalue weighted by Gasteiger charge is -2.46. The highest BCUT2D eigenvalue weighted by Crippen LogP contribution is 2.44. The van der Waals surface area contributed by atoms with Crippen LogP contribution >= 0.6 is 0 Å². The van der Waals surface area contributed by atoms with Crippen LogP contribution in [-0.2, 0) is 9.59 Å². The molecule has 1 aliphatic heterocycles. The number of amides is 2. The van der Waals surface area contributed by atoms with Crippen molar-refractivity contribution < 1.29 is 14.7 Å². The molecule has 1 saturated heterocycles. The Kier molecular flexibility index (Phi) is 3.87. The molecule has 6 heteroatoms. The standard InChI is InChI=1S/C12H21N3O3/c1-9(16)13-4-5-14-11(17)6-15-7-12(18,8-15)10-2-3-10/h10,18H,2-8H2,1H3,(H,13,16)(H,14,17). The summed E-state index contributed by atoms with van der Waals surface area (Å²) in [6.07, 6.45) is 2.24. The number of β-amino-alcohol motifs (C(OH)–C–C–N with tert-alkyl or cyclic N) is 1. The van der Waals surface area contributed by atoms with Gasteiger partial charge in [-0.05, 0) is 18.8 Å². The SMILES string of the molecule is CC(=O)NCCNC(=O)CN1CC(O)(C2CC2)C1. The van der Waals surface area contributed by atoms with Crippen molar-refractivity contribution in [2.75, 3.05) is 32.7 Å². The summed E-state index contributed by atoms with van der Waals surface area (Å²) in [5.74, 6) is 0.302. The third-order valence-corrected chi connectivity index (χ3v) is 3.52. The van der Waals surface area contributed by atoms with Gasteiger partial charge in [0.2, 0.25) is 11.8 Å². The van der Waals surface area contributed by atoms with Gasteiger partial charge in [-0.3, -0.25) is 14.5 Å². The second-order valence-electron chi connectivity index (χ2n) is 5.36. The zero-order chi connectivity index (χ0) is 13.2. The lowest BCUT2D eigenvalue weighted by atomic mass is 9.89. The third-order valence-electron chi connectivity index (χ3n) is 3.52. The Morgan fingerprint density at radius 2 is 1.89 bits per heavy atom. The summed E-state index contributed by atoms with van der Waals surface area (Å²) >= 11 is 0. The topological polar surface area (TPSA) is 81.7 Å². The number of carbonyl (C=O) groups excluding carboxylic acids is 2. The van der Waals surface area contributed by atoms with E-state index in [9.17, 15) is 14.7 Å². The minimum atomic E-state index is -0.531. The van der Waals surface area contributed by atoms with Crippen LogP contribution < -0.4 is 10.6 Å². The van der Waals surface area contributed by atoms with Crippen LogP contribution in [0, 0.1) is 5.92 Å². The van der Waals surface area contributed by atoms with E-state index in [0.717, 1.165) is 12.8 Å². The lowest BCUT2D eigenvalue weighted by Crippen LogP contribution is -2.64. The summed E-state index contributed by atoms with van der Waals surface area (Å²) in [5.41, 5.74) is -0.531. The Balaban J connectivity index is 1.54. The Morgan fingerprint density at radius 1 is 1.28 bits per heavy atom. The van der Waals surface area contributed by atoms with Crippen molar-refractivity contribution in [3.63, 3.8) is 0 Å². The average Bonchev–Trinajstić information content (AvgIpc) is 3.05. The maximum atomic E-state index is 11.5. The molecule has 0 aromatic carbocycles. The molecule has 2 fully saturated rings. The first-order chi connectivity index (χ1) is 8.49. The number of carbonyl (C=O) groups is 2. The highest BCUT2D eigenvalue weighted by atomic mass is 16.3. The second-order valence-corrected chi connectivity index (χ2v) is 5.36. The third kappa shape index (κ3) is 3.43. The number of nitrogens with one attached hydrogen (secondary N) is 2. The fraction of sp³-hybridized carbons (Fsp3) is 0.833. The Morgan fingerprint density at radius 3 is 2.44 bits per heavy atom. The van der Waals surface area contributed by atoms with Crippen molar-refractivity contribution in [1.29, 1.82) is 0 Å². The predicted octanol–water partition coefficient (Wildman–Crippen LogP) is -1.30. The van der Waals surface area contributed by atoms with Crippen LogP contribution in [0.15, 0.2) is 0 Å². The van der Waals surface area contributed by atoms with Gasteiger partial charge in [0, 0.05) is 33.1 Å². The van der Waals surface area contributed by atoms with Gasteiger partial charge in [-0.1, -0.05) is 0 Å². The van der Waals surface area contributed by atoms with Gasteiger partial charge in [-0.2, -0.15) is 0 Å². The van der Waals surface area contributed by atoms with Crippen LogP contribution in [0.1, 0.15) is 19.8 Å². The number of likely N-dealkylation sites (tertiary alicyclic amines) is 1. The molecule has 2 aliphatic rings. The average molecular weight is 255 g/mol. The molecule has 0 atom stereocenters. The van der Waals surface area contributed by atoms with E-state index in [0.29, 0.717) is 38.6 Å². The zero-order valence-corrected chi connectivity index (χ0v) is 10.7. The molecule has 1 heterocycles. The van der Waals surface area contributed by atoms with Gasteiger partial charge in [0.15, 0.2) is 0 Å². The van der Waals surface area contributed by atoms with Gasteiger partial charge < -0.3 is 15.7 Å². The fourth-order valence-corrected chi connectivity index (χ4v) is 2.42. The van der Waals surface area contributed by atoms with Crippen LogP contribution in [0.2, 0.25) is 0 Å². The molecule has 0 unspecified atom stereocenters. The quantitative estimate of drug-likeness (QED) is 0.515. The van der Waals surface area contributed by atoms with E-state index in [1.165, 1.54) is 6.92 Å². The maximum absolute atomic E-state index is 11.5. The molecule has 0 radical (unpaired) electrons. The van der Waals surface area contributed by atoms with E-state index in [1.807, 2.05) is 4.90 Å². The van der Waals surface area contributed by atoms with Crippen LogP contribution in [0.4, 0.5) is 0 Å². The fourth-order valence-electron chi connectivity index (χ4n) is 2.42. The summed E-state index contributed by atoms with van der Waals surface area (Å²) in [5, 5.41) is 15.4. The molecule has 6 nitrogen and oxygen atoms in total. The van der Waals surface area contributed by atoms with E-state index in [2.05, 4.69) is 10.6 Å². The first kappa shape index (κ1) is 13.3. The smallest absolute Gasteiger partial charge is 0.234 e. The molecule has 1 saturated carbocycles. The minimum Gasteiger partial charge on any atom is -0.387 e. The molecule has 3 N–H and O–H groups in total. The second kappa shape index (κ2) is 5.24. The highest BCUT2D eigenvalue weighted by molar-refractivity contribution is 5.78. The van der Waals surface area contributed by atoms with Crippen LogP contribution in [0.3, 0.4) is 0 Å². The van der Waals surface area contributed by atoms with Gasteiger partial charge in [0.25, 0.3) is 0 Å². The van der Waals surface area contributed by atoms with Crippen molar-refractivity contribution in [2.45, 2.75) is 25.4 Å². The van der Waals surface area contributed by atoms with Gasteiger partial charge in [-0.25, -0.2) is 0 Å². The van der Waals surface area contributed by atoms with Gasteiger partial charge in [0.1, 0.15) is 0 Å². The van der Waals surface area contributed by atoms with Gasteiger partial charge in [-0.15, -0.1) is 0 Å². The largest absolute Gasteiger partial charge is 0.387 e. The number of hydrogen-bond acceptors (Lipinski definition) is 4. The van der Waals surface area contributed by atoms with Crippen LogP contribution in [0.5, 0.6) is 0 Å². The van der Waals surface area contributed by atoms with E-state index < -0.39 is 5.60 Å². The number of nitrogens with zero attached hydrogens (tertiary/aromatic N) is 1. The zero-order valence-electron chi connectivity index (χ0n) is 10.7. The molecular formula is C12H21N3O3. The van der Waals surface area contributed by atoms with Gasteiger partial charge in [0.05, 0.1) is 12.1 Å². The molecule has 2 amide bonds. The molecular weight excluding hydrogens is 234 g/mol. The van der Waals surface area contributed by atoms with E-state index in [4.69, 9.17) is 0 Å². The number of aliphatic hydroxyl groups is 1. The Hall–Kier alpha value is -1.14. The summed E-state index contributed by atoms with van der Waals surface area (Å²) < 4.78 is 0. The molecule has 0 aromatic heterocycles. The molecule has 18 heavy (non-hydrogen) atoms. The van der Waals surface area contributed by atoms with Crippen LogP contribution in [-0.4, -0.2) is 60.1 Å². The predicted molar refractivity (Wildman–Crippen MR) is 65.8 cm³/mol. The molecule has 0 spiro atoms. The van der Waals surface area contributed by atoms with Crippen molar-refractivity contribution in [2.24, 2.45) is 5.92 Å². The van der Waals surface area contributed by atoms with Crippen molar-refractivity contribution >= 4 is 11.8 Å². The molecule has 0 aromatic rings. The highest BCUT2D eigenvalue weighted by Gasteiger charge is 2.51. The summed E-state index contributed by atoms with van der Waals surface area (Å²) in [6, 6.07) is 0. The minimum absolute atomic E-state index is 0.0572. The molecule has 2 rings (SSSR count). The first-order valence-electron chi connectivity index (χ1n) is 6.45. The van der Waals surface area contributed by atoms with E-state index >= 15 is 0 Å². The first-order valence-corrected chi connectivity index (χ1v) is 6.45. The van der Waals surface area contributed by atoms with Gasteiger partial charge >= 0.3 is 0 Å². The molecule has 0 bridgehead atoms. The Bertz CT molecular complexity index is 335.